The number of hydrogen-bond acceptors (Lipinski definition) is 6. The molecule has 0 aliphatic heterocycles. The first kappa shape index (κ1) is 19.4. The maximum absolute atomic E-state index is 12.5. The molecule has 0 saturated carbocycles. The number of aryl methyl sites for hydroxylation is 1. The number of aromatic nitrogens is 2. The van der Waals surface area contributed by atoms with Gasteiger partial charge in [-0.2, -0.15) is 9.38 Å². The highest BCUT2D eigenvalue weighted by atomic mass is 32.2. The number of nitrogens with zero attached hydrogens (tertiary/aromatic N) is 3. The van der Waals surface area contributed by atoms with E-state index >= 15 is 0 Å². The predicted octanol–water partition coefficient (Wildman–Crippen LogP) is 4.14. The van der Waals surface area contributed by atoms with Crippen LogP contribution in [-0.2, 0) is 10.0 Å². The van der Waals surface area contributed by atoms with Crippen LogP contribution in [0.5, 0.6) is 11.6 Å². The number of imidazole rings is 1. The molecule has 9 nitrogen and oxygen atoms in total. The van der Waals surface area contributed by atoms with E-state index in [-0.39, 0.29) is 22.3 Å². The highest BCUT2D eigenvalue weighted by Gasteiger charge is 2.24. The Morgan fingerprint density at radius 3 is 2.40 bits per heavy atom. The molecule has 152 valence electrons. The van der Waals surface area contributed by atoms with Crippen LogP contribution in [0, 0.1) is 17.0 Å². The summed E-state index contributed by atoms with van der Waals surface area (Å²) in [5, 5.41) is 11.4. The summed E-state index contributed by atoms with van der Waals surface area (Å²) >= 11 is 0. The summed E-state index contributed by atoms with van der Waals surface area (Å²) in [6.07, 6.45) is 1.52. The fourth-order valence-corrected chi connectivity index (χ4v) is 3.89. The van der Waals surface area contributed by atoms with Gasteiger partial charge in [-0.05, 0) is 54.3 Å². The molecule has 2 heterocycles. The molecule has 0 unspecified atom stereocenters. The van der Waals surface area contributed by atoms with Gasteiger partial charge in [-0.25, -0.2) is 8.42 Å². The quantitative estimate of drug-likeness (QED) is 0.367. The Morgan fingerprint density at radius 2 is 1.73 bits per heavy atom. The topological polar surface area (TPSA) is 116 Å². The number of nitro groups is 1. The lowest BCUT2D eigenvalue weighted by Crippen LogP contribution is -2.12. The third kappa shape index (κ3) is 3.80. The van der Waals surface area contributed by atoms with Crippen LogP contribution in [-0.4, -0.2) is 22.7 Å². The van der Waals surface area contributed by atoms with Crippen molar-refractivity contribution in [3.8, 4) is 11.6 Å². The minimum Gasteiger partial charge on any atom is -0.433 e. The summed E-state index contributed by atoms with van der Waals surface area (Å²) in [5.41, 5.74) is 1.66. The standard InChI is InChI=1S/C20H16N4O5S/c1-14-5-11-17(12-6-14)30(27,28)22-15-7-9-16(10-8-15)29-19-20(24(25)26)23-13-3-2-4-18(23)21-19/h2-13,22H,1H3. The summed E-state index contributed by atoms with van der Waals surface area (Å²) in [5.74, 6) is -0.172. The third-order valence-corrected chi connectivity index (χ3v) is 5.70. The predicted molar refractivity (Wildman–Crippen MR) is 110 cm³/mol. The Labute approximate surface area is 171 Å². The lowest BCUT2D eigenvalue weighted by molar-refractivity contribution is -0.391. The Hall–Kier alpha value is -3.92. The SMILES string of the molecule is Cc1ccc(S(=O)(=O)Nc2ccc(Oc3nc4ccccn4c3[N+](=O)[O-])cc2)cc1. The molecule has 2 aromatic carbocycles. The van der Waals surface area contributed by atoms with Crippen LogP contribution in [0.3, 0.4) is 0 Å². The van der Waals surface area contributed by atoms with Crippen LogP contribution in [0.4, 0.5) is 11.5 Å². The first-order valence-electron chi connectivity index (χ1n) is 8.82. The summed E-state index contributed by atoms with van der Waals surface area (Å²) in [6.45, 7) is 1.87. The van der Waals surface area contributed by atoms with Crippen molar-refractivity contribution in [3.05, 3.63) is 88.6 Å². The molecule has 0 aliphatic rings. The van der Waals surface area contributed by atoms with Gasteiger partial charge in [0, 0.05) is 11.8 Å². The number of rotatable bonds is 6. The van der Waals surface area contributed by atoms with Crippen molar-refractivity contribution in [1.29, 1.82) is 0 Å². The van der Waals surface area contributed by atoms with E-state index < -0.39 is 14.9 Å². The first-order valence-corrected chi connectivity index (χ1v) is 10.3. The number of ether oxygens (including phenoxy) is 1. The van der Waals surface area contributed by atoms with Crippen LogP contribution in [0.1, 0.15) is 5.56 Å². The van der Waals surface area contributed by atoms with Gasteiger partial charge in [0.15, 0.2) is 0 Å². The van der Waals surface area contributed by atoms with Gasteiger partial charge in [0.05, 0.1) is 11.1 Å². The van der Waals surface area contributed by atoms with Gasteiger partial charge in [0.25, 0.3) is 10.0 Å². The van der Waals surface area contributed by atoms with Gasteiger partial charge in [-0.1, -0.05) is 23.8 Å². The number of hydrogen-bond donors (Lipinski definition) is 1. The zero-order valence-corrected chi connectivity index (χ0v) is 16.5. The molecule has 2 aromatic heterocycles. The van der Waals surface area contributed by atoms with Crippen molar-refractivity contribution < 1.29 is 18.1 Å². The molecular formula is C20H16N4O5S. The molecular weight excluding hydrogens is 408 g/mol. The number of fused-ring (bicyclic) bond motifs is 1. The fourth-order valence-electron chi connectivity index (χ4n) is 2.83. The molecule has 10 heteroatoms. The number of nitrogens with one attached hydrogen (secondary N) is 1. The summed E-state index contributed by atoms with van der Waals surface area (Å²) < 4.78 is 34.3. The van der Waals surface area contributed by atoms with E-state index in [2.05, 4.69) is 9.71 Å². The largest absolute Gasteiger partial charge is 0.433 e. The molecule has 0 bridgehead atoms. The normalized spacial score (nSPS) is 11.4. The molecule has 1 N–H and O–H groups in total. The van der Waals surface area contributed by atoms with Crippen molar-refractivity contribution in [2.45, 2.75) is 11.8 Å². The second-order valence-corrected chi connectivity index (χ2v) is 8.15. The first-order chi connectivity index (χ1) is 14.3. The molecule has 30 heavy (non-hydrogen) atoms. The van der Waals surface area contributed by atoms with Crippen molar-refractivity contribution in [1.82, 2.24) is 9.38 Å². The van der Waals surface area contributed by atoms with Gasteiger partial charge in [-0.15, -0.1) is 0 Å². The van der Waals surface area contributed by atoms with Crippen LogP contribution in [0.25, 0.3) is 5.65 Å². The van der Waals surface area contributed by atoms with E-state index in [1.807, 2.05) is 6.92 Å². The third-order valence-electron chi connectivity index (χ3n) is 4.30. The number of pyridine rings is 1. The van der Waals surface area contributed by atoms with Crippen LogP contribution >= 0.6 is 0 Å². The van der Waals surface area contributed by atoms with Gasteiger partial charge >= 0.3 is 11.7 Å². The molecule has 4 aromatic rings. The highest BCUT2D eigenvalue weighted by Crippen LogP contribution is 2.32. The molecule has 0 radical (unpaired) electrons. The monoisotopic (exact) mass is 424 g/mol. The van der Waals surface area contributed by atoms with Crippen molar-refractivity contribution >= 4 is 27.2 Å². The van der Waals surface area contributed by atoms with Crippen LogP contribution in [0.2, 0.25) is 0 Å². The smallest absolute Gasteiger partial charge is 0.392 e. The molecule has 0 spiro atoms. The second kappa shape index (κ2) is 7.48. The van der Waals surface area contributed by atoms with Gasteiger partial charge < -0.3 is 14.9 Å². The van der Waals surface area contributed by atoms with E-state index in [1.54, 1.807) is 30.3 Å². The lowest BCUT2D eigenvalue weighted by atomic mass is 10.2. The van der Waals surface area contributed by atoms with Crippen molar-refractivity contribution in [3.63, 3.8) is 0 Å². The van der Waals surface area contributed by atoms with Gasteiger partial charge in [-0.3, -0.25) is 4.72 Å². The highest BCUT2D eigenvalue weighted by molar-refractivity contribution is 7.92. The number of benzene rings is 2. The Bertz CT molecular complexity index is 1330. The van der Waals surface area contributed by atoms with Gasteiger partial charge in [0.1, 0.15) is 5.75 Å². The molecule has 0 saturated heterocycles. The number of anilines is 1. The Morgan fingerprint density at radius 1 is 1.03 bits per heavy atom. The van der Waals surface area contributed by atoms with Crippen molar-refractivity contribution in [2.24, 2.45) is 0 Å². The Balaban J connectivity index is 1.56. The summed E-state index contributed by atoms with van der Waals surface area (Å²) in [4.78, 5) is 15.2. The van der Waals surface area contributed by atoms with E-state index in [9.17, 15) is 18.5 Å². The van der Waals surface area contributed by atoms with E-state index in [4.69, 9.17) is 4.74 Å². The molecule has 0 amide bonds. The summed E-state index contributed by atoms with van der Waals surface area (Å²) in [6, 6.07) is 17.5. The zero-order valence-electron chi connectivity index (χ0n) is 15.7. The number of sulfonamides is 1. The molecule has 0 aliphatic carbocycles. The maximum atomic E-state index is 12.5. The lowest BCUT2D eigenvalue weighted by Gasteiger charge is -2.09. The molecule has 0 atom stereocenters. The van der Waals surface area contributed by atoms with E-state index in [0.29, 0.717) is 11.3 Å². The zero-order chi connectivity index (χ0) is 21.3. The maximum Gasteiger partial charge on any atom is 0.392 e. The fraction of sp³-hybridized carbons (Fsp3) is 0.0500. The molecule has 0 fully saturated rings. The minimum atomic E-state index is -3.73. The average molecular weight is 424 g/mol. The molecule has 4 rings (SSSR count). The second-order valence-electron chi connectivity index (χ2n) is 6.47. The van der Waals surface area contributed by atoms with E-state index in [1.165, 1.54) is 47.0 Å². The van der Waals surface area contributed by atoms with Crippen molar-refractivity contribution in [2.75, 3.05) is 4.72 Å². The average Bonchev–Trinajstić information content (AvgIpc) is 3.07. The van der Waals surface area contributed by atoms with E-state index in [0.717, 1.165) is 5.56 Å². The Kier molecular flexibility index (Phi) is 4.84. The summed E-state index contributed by atoms with van der Waals surface area (Å²) in [7, 11) is -3.73. The van der Waals surface area contributed by atoms with Gasteiger partial charge in [0.2, 0.25) is 5.65 Å². The van der Waals surface area contributed by atoms with Crippen LogP contribution < -0.4 is 9.46 Å². The minimum absolute atomic E-state index is 0.147. The van der Waals surface area contributed by atoms with Crippen LogP contribution in [0.15, 0.2) is 77.8 Å².